The van der Waals surface area contributed by atoms with Crippen LogP contribution in [0.1, 0.15) is 0 Å². The van der Waals surface area contributed by atoms with E-state index in [2.05, 4.69) is 40.3 Å². The molecule has 0 amide bonds. The van der Waals surface area contributed by atoms with E-state index in [0.29, 0.717) is 22.1 Å². The van der Waals surface area contributed by atoms with Gasteiger partial charge in [0.25, 0.3) is 11.1 Å². The fourth-order valence-corrected chi connectivity index (χ4v) is 1.55. The molecule has 0 aliphatic rings. The van der Waals surface area contributed by atoms with Crippen LogP contribution in [-0.4, -0.2) is 40.3 Å². The van der Waals surface area contributed by atoms with Crippen LogP contribution in [0.2, 0.25) is 0 Å². The molecule has 4 aromatic rings. The normalized spacial score (nSPS) is 9.90. The number of fused-ring (bicyclic) bond motifs is 2. The molecule has 4 heterocycles. The van der Waals surface area contributed by atoms with Crippen molar-refractivity contribution in [3.63, 3.8) is 0 Å². The van der Waals surface area contributed by atoms with Gasteiger partial charge < -0.3 is 9.97 Å². The fourth-order valence-electron chi connectivity index (χ4n) is 1.55. The van der Waals surface area contributed by atoms with Crippen molar-refractivity contribution in [3.05, 3.63) is 45.8 Å². The first-order valence-corrected chi connectivity index (χ1v) is 5.49. The van der Waals surface area contributed by atoms with Crippen molar-refractivity contribution in [2.24, 2.45) is 0 Å². The maximum Gasteiger partial charge on any atom is 2.00 e. The molecule has 0 unspecified atom stereocenters. The van der Waals surface area contributed by atoms with Gasteiger partial charge in [-0.25, -0.2) is 9.97 Å². The number of hydrogen-bond acceptors (Lipinski definition) is 6. The van der Waals surface area contributed by atoms with Crippen LogP contribution < -0.4 is 11.1 Å². The molecular weight excluding hydrogens is 330 g/mol. The summed E-state index contributed by atoms with van der Waals surface area (Å²) in [6, 6.07) is 0. The molecule has 0 fully saturated rings. The largest absolute Gasteiger partial charge is 2.00 e. The second kappa shape index (κ2) is 6.18. The van der Waals surface area contributed by atoms with Gasteiger partial charge in [-0.15, -0.1) is 0 Å². The minimum Gasteiger partial charge on any atom is -0.312 e. The number of rotatable bonds is 0. The van der Waals surface area contributed by atoms with Crippen molar-refractivity contribution in [1.82, 2.24) is 40.3 Å². The molecule has 4 N–H and O–H groups in total. The average molecular weight is 338 g/mol. The van der Waals surface area contributed by atoms with Gasteiger partial charge in [0.1, 0.15) is 10.8 Å². The van der Waals surface area contributed by atoms with Crippen molar-refractivity contribution >= 4 is 22.1 Å². The SMILES string of the molecule is O=c1[nH]cnc2[nH]ncc12.O=c1[nH]cnc2[nH]ncc12.[Zn+2]. The third-order valence-electron chi connectivity index (χ3n) is 2.51. The predicted octanol–water partition coefficient (Wildman–Crippen LogP) is -0.710. The summed E-state index contributed by atoms with van der Waals surface area (Å²) in [6.45, 7) is 0. The van der Waals surface area contributed by atoms with Crippen molar-refractivity contribution in [1.29, 1.82) is 0 Å². The molecule has 4 aromatic heterocycles. The third-order valence-corrected chi connectivity index (χ3v) is 2.51. The Kier molecular flexibility index (Phi) is 4.34. The van der Waals surface area contributed by atoms with Crippen molar-refractivity contribution < 1.29 is 19.5 Å². The van der Waals surface area contributed by atoms with Crippen molar-refractivity contribution in [3.8, 4) is 0 Å². The molecule has 4 rings (SSSR count). The van der Waals surface area contributed by atoms with Gasteiger partial charge in [-0.3, -0.25) is 19.8 Å². The van der Waals surface area contributed by atoms with Gasteiger partial charge in [0.15, 0.2) is 11.3 Å². The minimum absolute atomic E-state index is 0. The molecule has 0 radical (unpaired) electrons. The average Bonchev–Trinajstić information content (AvgIpc) is 3.08. The Morgan fingerprint density at radius 2 is 1.19 bits per heavy atom. The summed E-state index contributed by atoms with van der Waals surface area (Å²) in [5.41, 5.74) is 0.699. The standard InChI is InChI=1S/2C5H4N4O.Zn/c2*10-5-3-1-8-9-4(3)6-2-7-5;/h2*1-2H,(H2,6,7,8,9,10);/q;;+2. The van der Waals surface area contributed by atoms with Gasteiger partial charge in [0.2, 0.25) is 0 Å². The van der Waals surface area contributed by atoms with Crippen LogP contribution in [0.3, 0.4) is 0 Å². The monoisotopic (exact) mass is 336 g/mol. The molecule has 0 spiro atoms. The van der Waals surface area contributed by atoms with E-state index in [1.165, 1.54) is 25.0 Å². The van der Waals surface area contributed by atoms with E-state index in [-0.39, 0.29) is 30.6 Å². The molecule has 0 saturated carbocycles. The molecule has 0 aliphatic heterocycles. The molecule has 10 nitrogen and oxygen atoms in total. The molecule has 0 aromatic carbocycles. The Morgan fingerprint density at radius 1 is 0.762 bits per heavy atom. The maximum atomic E-state index is 10.9. The number of nitrogens with one attached hydrogen (secondary N) is 4. The topological polar surface area (TPSA) is 149 Å². The smallest absolute Gasteiger partial charge is 0.312 e. The Balaban J connectivity index is 0.000000147. The van der Waals surface area contributed by atoms with Gasteiger partial charge in [0.05, 0.1) is 25.0 Å². The molecule has 11 heteroatoms. The number of aromatic amines is 4. The number of hydrogen-bond donors (Lipinski definition) is 4. The quantitative estimate of drug-likeness (QED) is 0.311. The summed E-state index contributed by atoms with van der Waals surface area (Å²) >= 11 is 0. The van der Waals surface area contributed by atoms with Crippen LogP contribution >= 0.6 is 0 Å². The molecular formula is C10H8N8O2Zn+2. The van der Waals surface area contributed by atoms with Gasteiger partial charge in [0, 0.05) is 0 Å². The zero-order chi connectivity index (χ0) is 13.9. The summed E-state index contributed by atoms with van der Waals surface area (Å²) in [5, 5.41) is 13.4. The summed E-state index contributed by atoms with van der Waals surface area (Å²) in [5.74, 6) is 0. The first-order chi connectivity index (χ1) is 9.75. The van der Waals surface area contributed by atoms with E-state index >= 15 is 0 Å². The van der Waals surface area contributed by atoms with E-state index < -0.39 is 0 Å². The maximum absolute atomic E-state index is 10.9. The van der Waals surface area contributed by atoms with Crippen LogP contribution in [0, 0.1) is 0 Å². The van der Waals surface area contributed by atoms with Gasteiger partial charge in [-0.1, -0.05) is 0 Å². The number of H-pyrrole nitrogens is 4. The summed E-state index contributed by atoms with van der Waals surface area (Å²) < 4.78 is 0. The second-order valence-corrected chi connectivity index (χ2v) is 3.73. The van der Waals surface area contributed by atoms with Crippen LogP contribution in [0.25, 0.3) is 22.1 Å². The Bertz CT molecular complexity index is 888. The Morgan fingerprint density at radius 3 is 1.57 bits per heavy atom. The molecule has 21 heavy (non-hydrogen) atoms. The second-order valence-electron chi connectivity index (χ2n) is 3.73. The molecule has 0 saturated heterocycles. The van der Waals surface area contributed by atoms with Crippen LogP contribution in [0.5, 0.6) is 0 Å². The van der Waals surface area contributed by atoms with Crippen molar-refractivity contribution in [2.45, 2.75) is 0 Å². The fraction of sp³-hybridized carbons (Fsp3) is 0. The first kappa shape index (κ1) is 14.7. The summed E-state index contributed by atoms with van der Waals surface area (Å²) in [6.07, 6.45) is 5.56. The third kappa shape index (κ3) is 2.92. The van der Waals surface area contributed by atoms with Gasteiger partial charge in [-0.2, -0.15) is 10.2 Å². The first-order valence-electron chi connectivity index (χ1n) is 5.49. The molecule has 0 aliphatic carbocycles. The molecule has 0 bridgehead atoms. The van der Waals surface area contributed by atoms with Gasteiger partial charge in [-0.05, 0) is 0 Å². The van der Waals surface area contributed by atoms with E-state index in [1.807, 2.05) is 0 Å². The van der Waals surface area contributed by atoms with Gasteiger partial charge >= 0.3 is 19.5 Å². The summed E-state index contributed by atoms with van der Waals surface area (Å²) in [7, 11) is 0. The zero-order valence-electron chi connectivity index (χ0n) is 10.6. The summed E-state index contributed by atoms with van der Waals surface area (Å²) in [4.78, 5) is 34.3. The number of aromatic nitrogens is 8. The van der Waals surface area contributed by atoms with Crippen LogP contribution in [0.4, 0.5) is 0 Å². The van der Waals surface area contributed by atoms with E-state index in [1.54, 1.807) is 0 Å². The van der Waals surface area contributed by atoms with E-state index in [0.717, 1.165) is 0 Å². The van der Waals surface area contributed by atoms with E-state index in [4.69, 9.17) is 0 Å². The van der Waals surface area contributed by atoms with Crippen molar-refractivity contribution in [2.75, 3.05) is 0 Å². The zero-order valence-corrected chi connectivity index (χ0v) is 13.6. The Labute approximate surface area is 128 Å². The predicted molar refractivity (Wildman–Crippen MR) is 69.0 cm³/mol. The number of nitrogens with zero attached hydrogens (tertiary/aromatic N) is 4. The van der Waals surface area contributed by atoms with E-state index in [9.17, 15) is 9.59 Å². The minimum atomic E-state index is -0.168. The van der Waals surface area contributed by atoms with Crippen LogP contribution in [-0.2, 0) is 19.5 Å². The Hall–Kier alpha value is -2.68. The van der Waals surface area contributed by atoms with Crippen LogP contribution in [0.15, 0.2) is 34.6 Å². The molecule has 0 atom stereocenters. The molecule has 100 valence electrons.